The maximum Gasteiger partial charge on any atom is 0.314 e. The summed E-state index contributed by atoms with van der Waals surface area (Å²) in [5.41, 5.74) is 1.82. The summed E-state index contributed by atoms with van der Waals surface area (Å²) in [6, 6.07) is 10.2. The van der Waals surface area contributed by atoms with Crippen LogP contribution in [0.1, 0.15) is 49.1 Å². The van der Waals surface area contributed by atoms with Crippen molar-refractivity contribution in [3.63, 3.8) is 0 Å². The third kappa shape index (κ3) is 4.26. The summed E-state index contributed by atoms with van der Waals surface area (Å²) in [5.74, 6) is -1.07. The normalized spacial score (nSPS) is 20.2. The van der Waals surface area contributed by atoms with Gasteiger partial charge in [-0.05, 0) is 48.6 Å². The molecule has 172 valence electrons. The molecule has 33 heavy (non-hydrogen) atoms. The topological polar surface area (TPSA) is 128 Å². The van der Waals surface area contributed by atoms with Crippen molar-refractivity contribution in [3.8, 4) is 17.2 Å². The number of carbonyl (C=O) groups is 2. The Morgan fingerprint density at radius 1 is 1.12 bits per heavy atom. The quantitative estimate of drug-likeness (QED) is 0.505. The van der Waals surface area contributed by atoms with E-state index in [0.29, 0.717) is 29.9 Å². The summed E-state index contributed by atoms with van der Waals surface area (Å²) in [5, 5.41) is 24.4. The number of nitrogens with one attached hydrogen (secondary N) is 1. The number of rotatable bonds is 6. The third-order valence-corrected chi connectivity index (χ3v) is 6.09. The zero-order valence-corrected chi connectivity index (χ0v) is 18.3. The number of hydrogen-bond acceptors (Lipinski definition) is 7. The number of amides is 1. The van der Waals surface area contributed by atoms with Crippen LogP contribution in [0.25, 0.3) is 0 Å². The lowest BCUT2D eigenvalue weighted by Gasteiger charge is -2.34. The molecule has 9 nitrogen and oxygen atoms in total. The highest BCUT2D eigenvalue weighted by molar-refractivity contribution is 6.02. The summed E-state index contributed by atoms with van der Waals surface area (Å²) in [4.78, 5) is 36.5. The van der Waals surface area contributed by atoms with Gasteiger partial charge in [0.1, 0.15) is 5.75 Å². The van der Waals surface area contributed by atoms with E-state index >= 15 is 0 Å². The van der Waals surface area contributed by atoms with Gasteiger partial charge in [0.05, 0.1) is 18.6 Å². The van der Waals surface area contributed by atoms with Crippen LogP contribution in [0.5, 0.6) is 17.2 Å². The summed E-state index contributed by atoms with van der Waals surface area (Å²) < 4.78 is 10.6. The van der Waals surface area contributed by atoms with E-state index < -0.39 is 22.3 Å². The van der Waals surface area contributed by atoms with Gasteiger partial charge in [-0.1, -0.05) is 12.1 Å². The molecule has 0 bridgehead atoms. The van der Waals surface area contributed by atoms with Gasteiger partial charge < -0.3 is 19.9 Å². The van der Waals surface area contributed by atoms with E-state index in [1.165, 1.54) is 19.2 Å². The first-order chi connectivity index (χ1) is 15.8. The van der Waals surface area contributed by atoms with Gasteiger partial charge >= 0.3 is 5.69 Å². The van der Waals surface area contributed by atoms with Crippen molar-refractivity contribution in [1.82, 2.24) is 5.32 Å². The average Bonchev–Trinajstić information content (AvgIpc) is 2.79. The number of Topliss-reactive ketones (excluding diaryl/α,β-unsaturated/α-hetero) is 1. The van der Waals surface area contributed by atoms with Crippen molar-refractivity contribution >= 4 is 17.4 Å². The van der Waals surface area contributed by atoms with Gasteiger partial charge in [0.15, 0.2) is 11.5 Å². The molecule has 1 aliphatic carbocycles. The van der Waals surface area contributed by atoms with E-state index in [-0.39, 0.29) is 36.2 Å². The van der Waals surface area contributed by atoms with Crippen molar-refractivity contribution in [3.05, 3.63) is 68.9 Å². The van der Waals surface area contributed by atoms with E-state index in [4.69, 9.17) is 9.47 Å². The van der Waals surface area contributed by atoms with E-state index in [0.717, 1.165) is 11.3 Å². The molecule has 4 rings (SSSR count). The average molecular weight is 452 g/mol. The second kappa shape index (κ2) is 8.93. The summed E-state index contributed by atoms with van der Waals surface area (Å²) >= 11 is 0. The molecule has 0 saturated heterocycles. The fourth-order valence-corrected chi connectivity index (χ4v) is 4.59. The maximum absolute atomic E-state index is 13.3. The number of nitrogens with zero attached hydrogens (tertiary/aromatic N) is 1. The van der Waals surface area contributed by atoms with E-state index in [9.17, 15) is 24.8 Å². The van der Waals surface area contributed by atoms with Crippen LogP contribution in [-0.4, -0.2) is 35.4 Å². The van der Waals surface area contributed by atoms with Gasteiger partial charge in [-0.3, -0.25) is 19.7 Å². The lowest BCUT2D eigenvalue weighted by atomic mass is 9.73. The highest BCUT2D eigenvalue weighted by atomic mass is 16.6. The van der Waals surface area contributed by atoms with E-state index in [2.05, 4.69) is 5.32 Å². The zero-order chi connectivity index (χ0) is 23.7. The minimum atomic E-state index is -0.718. The Labute approximate surface area is 190 Å². The molecule has 0 fully saturated rings. The first-order valence-corrected chi connectivity index (χ1v) is 10.7. The summed E-state index contributed by atoms with van der Waals surface area (Å²) in [6.07, 6.45) is 0.703. The number of methoxy groups -OCH3 is 1. The highest BCUT2D eigenvalue weighted by Gasteiger charge is 2.39. The van der Waals surface area contributed by atoms with Crippen LogP contribution >= 0.6 is 0 Å². The molecule has 1 aliphatic heterocycles. The molecule has 0 aromatic heterocycles. The van der Waals surface area contributed by atoms with Gasteiger partial charge in [-0.15, -0.1) is 0 Å². The van der Waals surface area contributed by atoms with Crippen molar-refractivity contribution in [2.45, 2.75) is 38.0 Å². The van der Waals surface area contributed by atoms with Crippen LogP contribution in [-0.2, 0) is 9.59 Å². The Kier molecular flexibility index (Phi) is 6.04. The van der Waals surface area contributed by atoms with Gasteiger partial charge in [-0.2, -0.15) is 0 Å². The molecule has 2 N–H and O–H groups in total. The molecule has 2 aromatic rings. The number of benzene rings is 2. The molecule has 2 unspecified atom stereocenters. The van der Waals surface area contributed by atoms with E-state index in [1.807, 2.05) is 31.2 Å². The van der Waals surface area contributed by atoms with Gasteiger partial charge in [0, 0.05) is 36.1 Å². The number of hydrogen-bond donors (Lipinski definition) is 2. The molecule has 2 aliphatic rings. The van der Waals surface area contributed by atoms with Crippen LogP contribution in [0.3, 0.4) is 0 Å². The Balaban J connectivity index is 1.71. The molecule has 2 aromatic carbocycles. The number of nitro benzene ring substituents is 1. The summed E-state index contributed by atoms with van der Waals surface area (Å²) in [6.45, 7) is 2.47. The second-order valence-corrected chi connectivity index (χ2v) is 8.08. The van der Waals surface area contributed by atoms with Crippen LogP contribution in [0.2, 0.25) is 0 Å². The minimum absolute atomic E-state index is 0.0244. The molecule has 0 radical (unpaired) electrons. The van der Waals surface area contributed by atoms with Gasteiger partial charge in [0.25, 0.3) is 0 Å². The monoisotopic (exact) mass is 452 g/mol. The standard InChI is InChI=1S/C24H24N2O7/c1-3-33-16-6-4-13(5-7-16)14-8-18-23(20(27)10-14)17(12-22(28)25-18)15-9-19(26(30)31)24(29)21(11-15)32-2/h4-7,9,11,14,17,29H,3,8,10,12H2,1-2H3,(H,25,28). The number of nitro groups is 1. The lowest BCUT2D eigenvalue weighted by molar-refractivity contribution is -0.386. The Morgan fingerprint density at radius 2 is 1.85 bits per heavy atom. The molecular weight excluding hydrogens is 428 g/mol. The fraction of sp³-hybridized carbons (Fsp3) is 0.333. The second-order valence-electron chi connectivity index (χ2n) is 8.08. The first kappa shape index (κ1) is 22.3. The van der Waals surface area contributed by atoms with Crippen LogP contribution in [0, 0.1) is 10.1 Å². The number of phenols is 1. The summed E-state index contributed by atoms with van der Waals surface area (Å²) in [7, 11) is 1.29. The SMILES string of the molecule is CCOc1ccc(C2CC(=O)C3=C(C2)NC(=O)CC3c2cc(OC)c(O)c([N+](=O)[O-])c2)cc1. The third-order valence-electron chi connectivity index (χ3n) is 6.09. The maximum atomic E-state index is 13.3. The first-order valence-electron chi connectivity index (χ1n) is 10.7. The molecular formula is C24H24N2O7. The van der Waals surface area contributed by atoms with E-state index in [1.54, 1.807) is 0 Å². The van der Waals surface area contributed by atoms with Crippen LogP contribution < -0.4 is 14.8 Å². The Hall–Kier alpha value is -3.88. The lowest BCUT2D eigenvalue weighted by Crippen LogP contribution is -2.38. The molecule has 9 heteroatoms. The largest absolute Gasteiger partial charge is 0.500 e. The highest BCUT2D eigenvalue weighted by Crippen LogP contribution is 2.46. The number of ketones is 1. The van der Waals surface area contributed by atoms with Crippen molar-refractivity contribution in [2.24, 2.45) is 0 Å². The Bertz CT molecular complexity index is 1150. The number of phenolic OH excluding ortho intramolecular Hbond substituents is 1. The number of allylic oxidation sites excluding steroid dienone is 2. The van der Waals surface area contributed by atoms with Crippen molar-refractivity contribution in [2.75, 3.05) is 13.7 Å². The smallest absolute Gasteiger partial charge is 0.314 e. The molecule has 1 heterocycles. The zero-order valence-electron chi connectivity index (χ0n) is 18.3. The number of aromatic hydroxyl groups is 1. The molecule has 1 amide bonds. The van der Waals surface area contributed by atoms with Gasteiger partial charge in [0.2, 0.25) is 11.7 Å². The number of ether oxygens (including phenoxy) is 2. The predicted molar refractivity (Wildman–Crippen MR) is 118 cm³/mol. The number of carbonyl (C=O) groups excluding carboxylic acids is 2. The fourth-order valence-electron chi connectivity index (χ4n) is 4.59. The minimum Gasteiger partial charge on any atom is -0.500 e. The predicted octanol–water partition coefficient (Wildman–Crippen LogP) is 3.71. The van der Waals surface area contributed by atoms with Crippen molar-refractivity contribution < 1.29 is 29.1 Å². The van der Waals surface area contributed by atoms with Crippen LogP contribution in [0.15, 0.2) is 47.7 Å². The molecule has 2 atom stereocenters. The van der Waals surface area contributed by atoms with Crippen LogP contribution in [0.4, 0.5) is 5.69 Å². The van der Waals surface area contributed by atoms with Gasteiger partial charge in [-0.25, -0.2) is 0 Å². The molecule has 0 saturated carbocycles. The molecule has 0 spiro atoms. The van der Waals surface area contributed by atoms with Crippen molar-refractivity contribution in [1.29, 1.82) is 0 Å². The Morgan fingerprint density at radius 3 is 2.48 bits per heavy atom.